The molecule has 1 aromatic rings. The van der Waals surface area contributed by atoms with Gasteiger partial charge in [0.05, 0.1) is 0 Å². The summed E-state index contributed by atoms with van der Waals surface area (Å²) in [6.07, 6.45) is 1.18. The van der Waals surface area contributed by atoms with Crippen LogP contribution in [0.2, 0.25) is 0 Å². The number of anilines is 1. The van der Waals surface area contributed by atoms with Gasteiger partial charge in [-0.1, -0.05) is 18.2 Å². The molecule has 1 aliphatic rings. The second-order valence-electron chi connectivity index (χ2n) is 4.79. The standard InChI is InChI=1S/C14H17NO3/c1-10-4-2-3-5-12(10)15-7-6-11(8-13(15)16)9-14(17)18/h2-5,11H,6-9H2,1H3,(H,17,18). The summed E-state index contributed by atoms with van der Waals surface area (Å²) in [5.74, 6) is -0.811. The molecular formula is C14H17NO3. The largest absolute Gasteiger partial charge is 0.481 e. The summed E-state index contributed by atoms with van der Waals surface area (Å²) < 4.78 is 0. The van der Waals surface area contributed by atoms with Crippen LogP contribution in [0.4, 0.5) is 5.69 Å². The summed E-state index contributed by atoms with van der Waals surface area (Å²) in [6, 6.07) is 7.77. The average Bonchev–Trinajstić information content (AvgIpc) is 2.30. The molecule has 2 rings (SSSR count). The fourth-order valence-corrected chi connectivity index (χ4v) is 2.44. The molecule has 1 saturated heterocycles. The number of aryl methyl sites for hydroxylation is 1. The van der Waals surface area contributed by atoms with Gasteiger partial charge >= 0.3 is 5.97 Å². The Morgan fingerprint density at radius 2 is 2.17 bits per heavy atom. The first-order valence-electron chi connectivity index (χ1n) is 6.15. The summed E-state index contributed by atoms with van der Waals surface area (Å²) in [5, 5.41) is 8.75. The van der Waals surface area contributed by atoms with Crippen molar-refractivity contribution in [1.29, 1.82) is 0 Å². The highest BCUT2D eigenvalue weighted by atomic mass is 16.4. The molecule has 0 bridgehead atoms. The van der Waals surface area contributed by atoms with E-state index < -0.39 is 5.97 Å². The van der Waals surface area contributed by atoms with Crippen LogP contribution in [0.1, 0.15) is 24.8 Å². The molecule has 1 unspecified atom stereocenters. The van der Waals surface area contributed by atoms with E-state index in [9.17, 15) is 9.59 Å². The third-order valence-corrected chi connectivity index (χ3v) is 3.39. The van der Waals surface area contributed by atoms with Crippen molar-refractivity contribution in [3.05, 3.63) is 29.8 Å². The third-order valence-electron chi connectivity index (χ3n) is 3.39. The van der Waals surface area contributed by atoms with E-state index >= 15 is 0 Å². The van der Waals surface area contributed by atoms with Gasteiger partial charge in [-0.2, -0.15) is 0 Å². The smallest absolute Gasteiger partial charge is 0.303 e. The van der Waals surface area contributed by atoms with Crippen molar-refractivity contribution in [2.45, 2.75) is 26.2 Å². The lowest BCUT2D eigenvalue weighted by Crippen LogP contribution is -2.39. The highest BCUT2D eigenvalue weighted by molar-refractivity contribution is 5.95. The lowest BCUT2D eigenvalue weighted by Gasteiger charge is -2.32. The number of para-hydroxylation sites is 1. The minimum Gasteiger partial charge on any atom is -0.481 e. The fourth-order valence-electron chi connectivity index (χ4n) is 2.44. The molecule has 4 heteroatoms. The topological polar surface area (TPSA) is 57.6 Å². The molecular weight excluding hydrogens is 230 g/mol. The zero-order valence-electron chi connectivity index (χ0n) is 10.4. The predicted octanol–water partition coefficient (Wildman–Crippen LogP) is 2.21. The molecule has 0 radical (unpaired) electrons. The summed E-state index contributed by atoms with van der Waals surface area (Å²) in [5.41, 5.74) is 2.01. The van der Waals surface area contributed by atoms with Crippen LogP contribution in [-0.4, -0.2) is 23.5 Å². The quantitative estimate of drug-likeness (QED) is 0.891. The zero-order valence-corrected chi connectivity index (χ0v) is 10.4. The van der Waals surface area contributed by atoms with E-state index in [1.807, 2.05) is 31.2 Å². The van der Waals surface area contributed by atoms with Crippen LogP contribution in [0.15, 0.2) is 24.3 Å². The van der Waals surface area contributed by atoms with E-state index in [2.05, 4.69) is 0 Å². The van der Waals surface area contributed by atoms with Gasteiger partial charge in [-0.3, -0.25) is 9.59 Å². The number of piperidine rings is 1. The van der Waals surface area contributed by atoms with Crippen molar-refractivity contribution in [3.8, 4) is 0 Å². The van der Waals surface area contributed by atoms with Crippen LogP contribution in [0.3, 0.4) is 0 Å². The Morgan fingerprint density at radius 1 is 1.44 bits per heavy atom. The fraction of sp³-hybridized carbons (Fsp3) is 0.429. The Bertz CT molecular complexity index is 470. The Morgan fingerprint density at radius 3 is 2.78 bits per heavy atom. The Labute approximate surface area is 106 Å². The number of rotatable bonds is 3. The van der Waals surface area contributed by atoms with Crippen molar-refractivity contribution in [1.82, 2.24) is 0 Å². The molecule has 1 atom stereocenters. The number of amides is 1. The van der Waals surface area contributed by atoms with Gasteiger partial charge < -0.3 is 10.0 Å². The second kappa shape index (κ2) is 5.21. The molecule has 0 aliphatic carbocycles. The zero-order chi connectivity index (χ0) is 13.1. The molecule has 4 nitrogen and oxygen atoms in total. The molecule has 1 aromatic carbocycles. The number of aliphatic carboxylic acids is 1. The predicted molar refractivity (Wildman–Crippen MR) is 68.5 cm³/mol. The highest BCUT2D eigenvalue weighted by Crippen LogP contribution is 2.28. The van der Waals surface area contributed by atoms with Gasteiger partial charge in [0.2, 0.25) is 5.91 Å². The number of nitrogens with zero attached hydrogens (tertiary/aromatic N) is 1. The number of hydrogen-bond donors (Lipinski definition) is 1. The third kappa shape index (κ3) is 2.70. The monoisotopic (exact) mass is 247 g/mol. The summed E-state index contributed by atoms with van der Waals surface area (Å²) >= 11 is 0. The number of carbonyl (C=O) groups excluding carboxylic acids is 1. The lowest BCUT2D eigenvalue weighted by molar-refractivity contribution is -0.138. The first-order valence-corrected chi connectivity index (χ1v) is 6.15. The van der Waals surface area contributed by atoms with Crippen molar-refractivity contribution in [3.63, 3.8) is 0 Å². The van der Waals surface area contributed by atoms with Gasteiger partial charge in [0.1, 0.15) is 0 Å². The highest BCUT2D eigenvalue weighted by Gasteiger charge is 2.28. The Balaban J connectivity index is 2.08. The van der Waals surface area contributed by atoms with E-state index in [0.717, 1.165) is 17.7 Å². The lowest BCUT2D eigenvalue weighted by atomic mass is 9.92. The maximum atomic E-state index is 12.1. The molecule has 18 heavy (non-hydrogen) atoms. The van der Waals surface area contributed by atoms with Crippen molar-refractivity contribution in [2.24, 2.45) is 5.92 Å². The van der Waals surface area contributed by atoms with E-state index in [-0.39, 0.29) is 18.2 Å². The molecule has 96 valence electrons. The van der Waals surface area contributed by atoms with E-state index in [4.69, 9.17) is 5.11 Å². The average molecular weight is 247 g/mol. The van der Waals surface area contributed by atoms with Gasteiger partial charge in [-0.05, 0) is 30.9 Å². The van der Waals surface area contributed by atoms with E-state index in [1.54, 1.807) is 4.90 Å². The SMILES string of the molecule is Cc1ccccc1N1CCC(CC(=O)O)CC1=O. The molecule has 1 aliphatic heterocycles. The van der Waals surface area contributed by atoms with Crippen LogP contribution in [0.25, 0.3) is 0 Å². The maximum Gasteiger partial charge on any atom is 0.303 e. The van der Waals surface area contributed by atoms with Gasteiger partial charge in [-0.15, -0.1) is 0 Å². The van der Waals surface area contributed by atoms with Gasteiger partial charge in [0.25, 0.3) is 0 Å². The number of benzene rings is 1. The van der Waals surface area contributed by atoms with Gasteiger partial charge in [-0.25, -0.2) is 0 Å². The van der Waals surface area contributed by atoms with Crippen LogP contribution < -0.4 is 4.90 Å². The minimum atomic E-state index is -0.822. The molecule has 1 N–H and O–H groups in total. The normalized spacial score (nSPS) is 19.9. The van der Waals surface area contributed by atoms with Crippen molar-refractivity contribution >= 4 is 17.6 Å². The van der Waals surface area contributed by atoms with Gasteiger partial charge in [0, 0.05) is 25.1 Å². The number of carboxylic acids is 1. The van der Waals surface area contributed by atoms with Crippen molar-refractivity contribution in [2.75, 3.05) is 11.4 Å². The molecule has 1 heterocycles. The maximum absolute atomic E-state index is 12.1. The van der Waals surface area contributed by atoms with Crippen LogP contribution in [-0.2, 0) is 9.59 Å². The van der Waals surface area contributed by atoms with E-state index in [0.29, 0.717) is 13.0 Å². The molecule has 0 saturated carbocycles. The van der Waals surface area contributed by atoms with Gasteiger partial charge in [0.15, 0.2) is 0 Å². The number of hydrogen-bond acceptors (Lipinski definition) is 2. The molecule has 1 fully saturated rings. The summed E-state index contributed by atoms with van der Waals surface area (Å²) in [6.45, 7) is 2.59. The molecule has 0 aromatic heterocycles. The molecule has 0 spiro atoms. The minimum absolute atomic E-state index is 0.0183. The molecule has 1 amide bonds. The Hall–Kier alpha value is -1.84. The Kier molecular flexibility index (Phi) is 3.65. The van der Waals surface area contributed by atoms with Crippen molar-refractivity contribution < 1.29 is 14.7 Å². The first kappa shape index (κ1) is 12.6. The number of carboxylic acid groups (broad SMARTS) is 1. The van der Waals surface area contributed by atoms with Crippen LogP contribution in [0, 0.1) is 12.8 Å². The van der Waals surface area contributed by atoms with Crippen LogP contribution >= 0.6 is 0 Å². The second-order valence-corrected chi connectivity index (χ2v) is 4.79. The van der Waals surface area contributed by atoms with E-state index in [1.165, 1.54) is 0 Å². The summed E-state index contributed by atoms with van der Waals surface area (Å²) in [7, 11) is 0. The first-order chi connectivity index (χ1) is 8.58. The summed E-state index contributed by atoms with van der Waals surface area (Å²) in [4.78, 5) is 24.5. The number of carbonyl (C=O) groups is 2. The van der Waals surface area contributed by atoms with Crippen LogP contribution in [0.5, 0.6) is 0 Å².